The van der Waals surface area contributed by atoms with E-state index in [1.54, 1.807) is 19.2 Å². The monoisotopic (exact) mass is 259 g/mol. The quantitative estimate of drug-likeness (QED) is 0.856. The molecule has 2 aromatic heterocycles. The molecule has 0 aliphatic heterocycles. The number of anilines is 2. The highest BCUT2D eigenvalue weighted by atomic mass is 16.5. The molecule has 2 N–H and O–H groups in total. The molecule has 0 radical (unpaired) electrons. The first-order chi connectivity index (χ1) is 9.22. The molecule has 98 valence electrons. The van der Waals surface area contributed by atoms with E-state index < -0.39 is 0 Å². The number of aromatic nitrogens is 3. The fourth-order valence-corrected chi connectivity index (χ4v) is 1.37. The molecule has 2 aromatic rings. The molecule has 0 fully saturated rings. The van der Waals surface area contributed by atoms with Gasteiger partial charge in [-0.25, -0.2) is 9.97 Å². The SMILES string of the molecule is CNc1cncc(C(=O)Nc2ccc(OC)nc2)n1. The molecule has 0 atom stereocenters. The van der Waals surface area contributed by atoms with Crippen molar-refractivity contribution in [3.63, 3.8) is 0 Å². The Morgan fingerprint density at radius 3 is 2.74 bits per heavy atom. The second-order valence-electron chi connectivity index (χ2n) is 3.58. The van der Waals surface area contributed by atoms with Gasteiger partial charge in [0.2, 0.25) is 5.88 Å². The minimum Gasteiger partial charge on any atom is -0.481 e. The van der Waals surface area contributed by atoms with Gasteiger partial charge in [-0.1, -0.05) is 0 Å². The summed E-state index contributed by atoms with van der Waals surface area (Å²) in [7, 11) is 3.23. The summed E-state index contributed by atoms with van der Waals surface area (Å²) in [5, 5.41) is 5.49. The van der Waals surface area contributed by atoms with E-state index in [2.05, 4.69) is 25.6 Å². The lowest BCUT2D eigenvalue weighted by atomic mass is 10.3. The summed E-state index contributed by atoms with van der Waals surface area (Å²) < 4.78 is 4.93. The topological polar surface area (TPSA) is 89.0 Å². The molecule has 1 amide bonds. The molecule has 0 saturated carbocycles. The van der Waals surface area contributed by atoms with E-state index in [9.17, 15) is 4.79 Å². The Bertz CT molecular complexity index is 571. The van der Waals surface area contributed by atoms with Crippen molar-refractivity contribution in [2.24, 2.45) is 0 Å². The van der Waals surface area contributed by atoms with Crippen molar-refractivity contribution < 1.29 is 9.53 Å². The first-order valence-electron chi connectivity index (χ1n) is 5.54. The summed E-state index contributed by atoms with van der Waals surface area (Å²) >= 11 is 0. The van der Waals surface area contributed by atoms with Crippen molar-refractivity contribution in [1.29, 1.82) is 0 Å². The van der Waals surface area contributed by atoms with Crippen LogP contribution >= 0.6 is 0 Å². The summed E-state index contributed by atoms with van der Waals surface area (Å²) in [6, 6.07) is 3.35. The Morgan fingerprint density at radius 2 is 2.11 bits per heavy atom. The Hall–Kier alpha value is -2.70. The Balaban J connectivity index is 2.11. The number of pyridine rings is 1. The third-order valence-electron chi connectivity index (χ3n) is 2.33. The molecule has 0 bridgehead atoms. The van der Waals surface area contributed by atoms with Crippen molar-refractivity contribution in [3.8, 4) is 5.88 Å². The fraction of sp³-hybridized carbons (Fsp3) is 0.167. The average molecular weight is 259 g/mol. The number of methoxy groups -OCH3 is 1. The molecule has 7 nitrogen and oxygen atoms in total. The number of carbonyl (C=O) groups is 1. The van der Waals surface area contributed by atoms with E-state index in [1.165, 1.54) is 25.7 Å². The lowest BCUT2D eigenvalue weighted by molar-refractivity contribution is 0.102. The lowest BCUT2D eigenvalue weighted by Crippen LogP contribution is -2.14. The summed E-state index contributed by atoms with van der Waals surface area (Å²) in [6.45, 7) is 0. The molecule has 0 unspecified atom stereocenters. The summed E-state index contributed by atoms with van der Waals surface area (Å²) in [4.78, 5) is 23.9. The normalized spacial score (nSPS) is 9.79. The van der Waals surface area contributed by atoms with E-state index in [0.29, 0.717) is 17.4 Å². The maximum Gasteiger partial charge on any atom is 0.275 e. The fourth-order valence-electron chi connectivity index (χ4n) is 1.37. The van der Waals surface area contributed by atoms with Crippen LogP contribution in [0.25, 0.3) is 0 Å². The maximum absolute atomic E-state index is 11.9. The van der Waals surface area contributed by atoms with Gasteiger partial charge in [0.1, 0.15) is 11.5 Å². The van der Waals surface area contributed by atoms with Gasteiger partial charge in [-0.15, -0.1) is 0 Å². The molecular weight excluding hydrogens is 246 g/mol. The molecular formula is C12H13N5O2. The minimum atomic E-state index is -0.350. The number of amides is 1. The number of nitrogens with one attached hydrogen (secondary N) is 2. The molecule has 2 heterocycles. The predicted octanol–water partition coefficient (Wildman–Crippen LogP) is 1.17. The third-order valence-corrected chi connectivity index (χ3v) is 2.33. The zero-order valence-corrected chi connectivity index (χ0v) is 10.5. The number of ether oxygens (including phenoxy) is 1. The van der Waals surface area contributed by atoms with Crippen LogP contribution in [0.15, 0.2) is 30.7 Å². The van der Waals surface area contributed by atoms with Gasteiger partial charge < -0.3 is 15.4 Å². The number of hydrogen-bond donors (Lipinski definition) is 2. The van der Waals surface area contributed by atoms with Crippen LogP contribution in [0, 0.1) is 0 Å². The van der Waals surface area contributed by atoms with E-state index in [1.807, 2.05) is 0 Å². The van der Waals surface area contributed by atoms with Crippen LogP contribution in [0.2, 0.25) is 0 Å². The van der Waals surface area contributed by atoms with Gasteiger partial charge in [-0.3, -0.25) is 9.78 Å². The highest BCUT2D eigenvalue weighted by molar-refractivity contribution is 6.02. The van der Waals surface area contributed by atoms with Crippen molar-refractivity contribution in [2.75, 3.05) is 24.8 Å². The van der Waals surface area contributed by atoms with Gasteiger partial charge >= 0.3 is 0 Å². The summed E-state index contributed by atoms with van der Waals surface area (Å²) in [5.41, 5.74) is 0.783. The minimum absolute atomic E-state index is 0.225. The van der Waals surface area contributed by atoms with Crippen molar-refractivity contribution >= 4 is 17.4 Å². The first kappa shape index (κ1) is 12.7. The van der Waals surface area contributed by atoms with E-state index in [4.69, 9.17) is 4.74 Å². The van der Waals surface area contributed by atoms with Crippen molar-refractivity contribution in [1.82, 2.24) is 15.0 Å². The maximum atomic E-state index is 11.9. The van der Waals surface area contributed by atoms with Crippen LogP contribution in [0.3, 0.4) is 0 Å². The van der Waals surface area contributed by atoms with Gasteiger partial charge in [-0.05, 0) is 6.07 Å². The highest BCUT2D eigenvalue weighted by Crippen LogP contribution is 2.12. The second kappa shape index (κ2) is 5.76. The van der Waals surface area contributed by atoms with Gasteiger partial charge in [0.25, 0.3) is 5.91 Å². The molecule has 19 heavy (non-hydrogen) atoms. The van der Waals surface area contributed by atoms with Gasteiger partial charge in [-0.2, -0.15) is 0 Å². The average Bonchev–Trinajstić information content (AvgIpc) is 2.48. The second-order valence-corrected chi connectivity index (χ2v) is 3.58. The molecule has 0 aliphatic rings. The van der Waals surface area contributed by atoms with E-state index in [-0.39, 0.29) is 11.6 Å². The number of rotatable bonds is 4. The van der Waals surface area contributed by atoms with Gasteiger partial charge in [0.15, 0.2) is 0 Å². The standard InChI is InChI=1S/C12H13N5O2/c1-13-10-7-14-6-9(17-10)12(18)16-8-3-4-11(19-2)15-5-8/h3-7H,1-2H3,(H,13,17)(H,16,18). The van der Waals surface area contributed by atoms with Crippen LogP contribution in [0.1, 0.15) is 10.5 Å². The van der Waals surface area contributed by atoms with E-state index >= 15 is 0 Å². The van der Waals surface area contributed by atoms with Gasteiger partial charge in [0, 0.05) is 13.1 Å². The number of carbonyl (C=O) groups excluding carboxylic acids is 1. The predicted molar refractivity (Wildman–Crippen MR) is 70.3 cm³/mol. The van der Waals surface area contributed by atoms with Crippen LogP contribution in [0.4, 0.5) is 11.5 Å². The molecule has 0 aromatic carbocycles. The molecule has 0 saturated heterocycles. The largest absolute Gasteiger partial charge is 0.481 e. The van der Waals surface area contributed by atoms with Crippen LogP contribution in [-0.4, -0.2) is 35.0 Å². The van der Waals surface area contributed by atoms with E-state index in [0.717, 1.165) is 0 Å². The Labute approximate surface area is 110 Å². The number of hydrogen-bond acceptors (Lipinski definition) is 6. The summed E-state index contributed by atoms with van der Waals surface area (Å²) in [6.07, 6.45) is 4.44. The Kier molecular flexibility index (Phi) is 3.87. The smallest absolute Gasteiger partial charge is 0.275 e. The van der Waals surface area contributed by atoms with Gasteiger partial charge in [0.05, 0.1) is 31.4 Å². The number of nitrogens with zero attached hydrogens (tertiary/aromatic N) is 3. The van der Waals surface area contributed by atoms with Crippen molar-refractivity contribution in [3.05, 3.63) is 36.4 Å². The van der Waals surface area contributed by atoms with Crippen LogP contribution in [0.5, 0.6) is 5.88 Å². The Morgan fingerprint density at radius 1 is 1.26 bits per heavy atom. The third kappa shape index (κ3) is 3.15. The first-order valence-corrected chi connectivity index (χ1v) is 5.54. The zero-order valence-electron chi connectivity index (χ0n) is 10.5. The summed E-state index contributed by atoms with van der Waals surface area (Å²) in [5.74, 6) is 0.659. The van der Waals surface area contributed by atoms with Crippen LogP contribution < -0.4 is 15.4 Å². The highest BCUT2D eigenvalue weighted by Gasteiger charge is 2.09. The molecule has 2 rings (SSSR count). The zero-order chi connectivity index (χ0) is 13.7. The lowest BCUT2D eigenvalue weighted by Gasteiger charge is -2.06. The molecule has 0 aliphatic carbocycles. The van der Waals surface area contributed by atoms with Crippen LogP contribution in [-0.2, 0) is 0 Å². The van der Waals surface area contributed by atoms with Crippen molar-refractivity contribution in [2.45, 2.75) is 0 Å². The molecule has 7 heteroatoms. The molecule has 0 spiro atoms.